The van der Waals surface area contributed by atoms with Crippen LogP contribution in [0.15, 0.2) is 0 Å². The van der Waals surface area contributed by atoms with Gasteiger partial charge >= 0.3 is 0 Å². The van der Waals surface area contributed by atoms with Gasteiger partial charge in [0.15, 0.2) is 0 Å². The van der Waals surface area contributed by atoms with Crippen molar-refractivity contribution in [1.29, 1.82) is 0 Å². The van der Waals surface area contributed by atoms with Crippen molar-refractivity contribution in [2.45, 2.75) is 50.9 Å². The van der Waals surface area contributed by atoms with Crippen molar-refractivity contribution in [3.63, 3.8) is 0 Å². The van der Waals surface area contributed by atoms with Crippen molar-refractivity contribution in [3.8, 4) is 0 Å². The van der Waals surface area contributed by atoms with Gasteiger partial charge in [0.05, 0.1) is 24.9 Å². The molecule has 2 rings (SSSR count). The maximum absolute atomic E-state index is 5.98. The molecule has 18 heavy (non-hydrogen) atoms. The summed E-state index contributed by atoms with van der Waals surface area (Å²) in [6.07, 6.45) is 5.76. The van der Waals surface area contributed by atoms with E-state index < -0.39 is 0 Å². The third kappa shape index (κ3) is 3.92. The summed E-state index contributed by atoms with van der Waals surface area (Å²) in [4.78, 5) is 0. The second kappa shape index (κ2) is 7.43. The quantitative estimate of drug-likeness (QED) is 0.734. The summed E-state index contributed by atoms with van der Waals surface area (Å²) in [6.45, 7) is 5.77. The largest absolute Gasteiger partial charge is 0.383 e. The molecule has 0 saturated carbocycles. The maximum Gasteiger partial charge on any atom is 0.0876 e. The highest BCUT2D eigenvalue weighted by Gasteiger charge is 2.36. The van der Waals surface area contributed by atoms with Crippen LogP contribution in [0.3, 0.4) is 0 Å². The van der Waals surface area contributed by atoms with Gasteiger partial charge in [-0.2, -0.15) is 0 Å². The summed E-state index contributed by atoms with van der Waals surface area (Å²) < 4.78 is 17.0. The normalized spacial score (nSPS) is 37.0. The highest BCUT2D eigenvalue weighted by Crippen LogP contribution is 2.31. The molecule has 4 atom stereocenters. The van der Waals surface area contributed by atoms with Crippen molar-refractivity contribution in [2.24, 2.45) is 5.92 Å². The summed E-state index contributed by atoms with van der Waals surface area (Å²) in [6, 6.07) is 0. The molecule has 106 valence electrons. The molecule has 0 aromatic carbocycles. The van der Waals surface area contributed by atoms with Gasteiger partial charge in [-0.15, -0.1) is 0 Å². The van der Waals surface area contributed by atoms with Crippen LogP contribution in [0.25, 0.3) is 0 Å². The van der Waals surface area contributed by atoms with E-state index in [1.165, 1.54) is 19.3 Å². The summed E-state index contributed by atoms with van der Waals surface area (Å²) in [5.74, 6) is 0.589. The van der Waals surface area contributed by atoms with Crippen molar-refractivity contribution >= 4 is 0 Å². The second-order valence-corrected chi connectivity index (χ2v) is 5.50. The molecule has 2 saturated heterocycles. The van der Waals surface area contributed by atoms with Gasteiger partial charge in [-0.1, -0.05) is 0 Å². The lowest BCUT2D eigenvalue weighted by atomic mass is 9.89. The van der Waals surface area contributed by atoms with E-state index in [1.807, 2.05) is 0 Å². The first-order valence-corrected chi connectivity index (χ1v) is 7.28. The standard InChI is InChI=1S/C14H27NO3/c1-11-5-6-13(18-11)14-12(4-3-8-17-14)10-15-7-9-16-2/h11-15H,3-10H2,1-2H3. The van der Waals surface area contributed by atoms with E-state index in [0.717, 1.165) is 32.7 Å². The van der Waals surface area contributed by atoms with Gasteiger partial charge in [-0.3, -0.25) is 0 Å². The summed E-state index contributed by atoms with van der Waals surface area (Å²) >= 11 is 0. The molecule has 0 aromatic rings. The molecule has 2 fully saturated rings. The van der Waals surface area contributed by atoms with Crippen LogP contribution in [0, 0.1) is 5.92 Å². The van der Waals surface area contributed by atoms with Crippen LogP contribution in [-0.2, 0) is 14.2 Å². The smallest absolute Gasteiger partial charge is 0.0876 e. The fourth-order valence-corrected chi connectivity index (χ4v) is 3.03. The summed E-state index contributed by atoms with van der Waals surface area (Å²) in [5.41, 5.74) is 0. The lowest BCUT2D eigenvalue weighted by Crippen LogP contribution is -2.44. The van der Waals surface area contributed by atoms with Crippen LogP contribution >= 0.6 is 0 Å². The molecule has 0 aliphatic carbocycles. The lowest BCUT2D eigenvalue weighted by Gasteiger charge is -2.35. The fraction of sp³-hybridized carbons (Fsp3) is 1.00. The number of hydrogen-bond acceptors (Lipinski definition) is 4. The Morgan fingerprint density at radius 2 is 2.17 bits per heavy atom. The Bertz CT molecular complexity index is 237. The molecule has 0 radical (unpaired) electrons. The van der Waals surface area contributed by atoms with Gasteiger partial charge in [0.25, 0.3) is 0 Å². The first-order chi connectivity index (χ1) is 8.81. The summed E-state index contributed by atoms with van der Waals surface area (Å²) in [7, 11) is 1.74. The van der Waals surface area contributed by atoms with E-state index in [-0.39, 0.29) is 0 Å². The predicted molar refractivity (Wildman–Crippen MR) is 70.8 cm³/mol. The average Bonchev–Trinajstić information content (AvgIpc) is 2.82. The Morgan fingerprint density at radius 1 is 1.28 bits per heavy atom. The first-order valence-electron chi connectivity index (χ1n) is 7.28. The van der Waals surface area contributed by atoms with Crippen LogP contribution < -0.4 is 5.32 Å². The number of methoxy groups -OCH3 is 1. The zero-order chi connectivity index (χ0) is 12.8. The van der Waals surface area contributed by atoms with Gasteiger partial charge in [0.2, 0.25) is 0 Å². The Labute approximate surface area is 110 Å². The average molecular weight is 257 g/mol. The number of nitrogens with one attached hydrogen (secondary N) is 1. The van der Waals surface area contributed by atoms with E-state index in [0.29, 0.717) is 24.2 Å². The van der Waals surface area contributed by atoms with Crippen LogP contribution in [0.2, 0.25) is 0 Å². The van der Waals surface area contributed by atoms with Crippen molar-refractivity contribution < 1.29 is 14.2 Å². The van der Waals surface area contributed by atoms with Gasteiger partial charge in [-0.25, -0.2) is 0 Å². The molecule has 4 heteroatoms. The number of rotatable bonds is 6. The Kier molecular flexibility index (Phi) is 5.89. The van der Waals surface area contributed by atoms with Crippen molar-refractivity contribution in [1.82, 2.24) is 5.32 Å². The summed E-state index contributed by atoms with van der Waals surface area (Å²) in [5, 5.41) is 3.46. The van der Waals surface area contributed by atoms with Gasteiger partial charge in [-0.05, 0) is 32.6 Å². The Morgan fingerprint density at radius 3 is 2.89 bits per heavy atom. The molecule has 2 aliphatic heterocycles. The van der Waals surface area contributed by atoms with Crippen LogP contribution in [0.5, 0.6) is 0 Å². The fourth-order valence-electron chi connectivity index (χ4n) is 3.03. The minimum Gasteiger partial charge on any atom is -0.383 e. The minimum atomic E-state index is 0.291. The third-order valence-electron chi connectivity index (χ3n) is 4.01. The highest BCUT2D eigenvalue weighted by atomic mass is 16.5. The van der Waals surface area contributed by atoms with E-state index in [4.69, 9.17) is 14.2 Å². The van der Waals surface area contributed by atoms with E-state index in [1.54, 1.807) is 7.11 Å². The zero-order valence-corrected chi connectivity index (χ0v) is 11.7. The maximum atomic E-state index is 5.98. The molecular weight excluding hydrogens is 230 g/mol. The van der Waals surface area contributed by atoms with Gasteiger partial charge in [0.1, 0.15) is 0 Å². The van der Waals surface area contributed by atoms with Gasteiger partial charge < -0.3 is 19.5 Å². The zero-order valence-electron chi connectivity index (χ0n) is 11.7. The molecule has 0 amide bonds. The Hall–Kier alpha value is -0.160. The Balaban J connectivity index is 1.78. The SMILES string of the molecule is COCCNCC1CCCOC1C1CCC(C)O1. The molecule has 4 nitrogen and oxygen atoms in total. The monoisotopic (exact) mass is 257 g/mol. The molecule has 1 N–H and O–H groups in total. The molecule has 0 aromatic heterocycles. The van der Waals surface area contributed by atoms with Crippen LogP contribution in [0.1, 0.15) is 32.6 Å². The van der Waals surface area contributed by atoms with Crippen LogP contribution in [-0.4, -0.2) is 51.7 Å². The first kappa shape index (κ1) is 14.3. The number of hydrogen-bond donors (Lipinski definition) is 1. The van der Waals surface area contributed by atoms with Crippen molar-refractivity contribution in [3.05, 3.63) is 0 Å². The molecule has 2 aliphatic rings. The third-order valence-corrected chi connectivity index (χ3v) is 4.01. The van der Waals surface area contributed by atoms with E-state index >= 15 is 0 Å². The van der Waals surface area contributed by atoms with E-state index in [9.17, 15) is 0 Å². The van der Waals surface area contributed by atoms with E-state index in [2.05, 4.69) is 12.2 Å². The molecule has 0 bridgehead atoms. The second-order valence-electron chi connectivity index (χ2n) is 5.50. The molecule has 4 unspecified atom stereocenters. The van der Waals surface area contributed by atoms with Crippen LogP contribution in [0.4, 0.5) is 0 Å². The minimum absolute atomic E-state index is 0.291. The predicted octanol–water partition coefficient (Wildman–Crippen LogP) is 1.59. The molecule has 0 spiro atoms. The van der Waals surface area contributed by atoms with Crippen molar-refractivity contribution in [2.75, 3.05) is 33.4 Å². The van der Waals surface area contributed by atoms with Gasteiger partial charge in [0, 0.05) is 32.7 Å². The number of ether oxygens (including phenoxy) is 3. The molecule has 2 heterocycles. The highest BCUT2D eigenvalue weighted by molar-refractivity contribution is 4.86. The molecular formula is C14H27NO3. The lowest BCUT2D eigenvalue weighted by molar-refractivity contribution is -0.111. The topological polar surface area (TPSA) is 39.7 Å².